The number of fused-ring (bicyclic) bond motifs is 1. The van der Waals surface area contributed by atoms with Crippen molar-refractivity contribution in [1.82, 2.24) is 4.98 Å². The van der Waals surface area contributed by atoms with E-state index in [0.29, 0.717) is 16.9 Å². The van der Waals surface area contributed by atoms with Crippen LogP contribution < -0.4 is 0 Å². The van der Waals surface area contributed by atoms with Gasteiger partial charge in [0.05, 0.1) is 10.7 Å². The van der Waals surface area contributed by atoms with Crippen LogP contribution in [0.4, 0.5) is 0 Å². The lowest BCUT2D eigenvalue weighted by atomic mass is 10.0. The van der Waals surface area contributed by atoms with Crippen molar-refractivity contribution >= 4 is 50.5 Å². The molecule has 0 fully saturated rings. The zero-order valence-corrected chi connectivity index (χ0v) is 13.0. The van der Waals surface area contributed by atoms with Crippen molar-refractivity contribution in [3.63, 3.8) is 0 Å². The van der Waals surface area contributed by atoms with E-state index in [2.05, 4.69) is 20.9 Å². The van der Waals surface area contributed by atoms with E-state index in [4.69, 9.17) is 11.6 Å². The van der Waals surface area contributed by atoms with Gasteiger partial charge in [0, 0.05) is 20.9 Å². The van der Waals surface area contributed by atoms with Crippen LogP contribution in [0.15, 0.2) is 46.9 Å². The number of halogens is 2. The molecule has 3 nitrogen and oxygen atoms in total. The van der Waals surface area contributed by atoms with Crippen molar-refractivity contribution < 1.29 is 9.59 Å². The van der Waals surface area contributed by atoms with Gasteiger partial charge in [-0.15, -0.1) is 0 Å². The van der Waals surface area contributed by atoms with Crippen molar-refractivity contribution in [2.45, 2.75) is 0 Å². The van der Waals surface area contributed by atoms with Gasteiger partial charge in [-0.1, -0.05) is 41.9 Å². The number of hydrogen-bond donors (Lipinski definition) is 1. The smallest absolute Gasteiger partial charge is 0.242 e. The van der Waals surface area contributed by atoms with E-state index < -0.39 is 5.78 Å². The summed E-state index contributed by atoms with van der Waals surface area (Å²) in [5.74, 6) is -0.586. The molecule has 0 spiro atoms. The lowest BCUT2D eigenvalue weighted by molar-refractivity contribution is -0.104. The third kappa shape index (κ3) is 2.41. The molecule has 2 aromatic carbocycles. The Morgan fingerprint density at radius 3 is 2.57 bits per heavy atom. The summed E-state index contributed by atoms with van der Waals surface area (Å²) in [6, 6.07) is 13.0. The summed E-state index contributed by atoms with van der Waals surface area (Å²) < 4.78 is 0.725. The van der Waals surface area contributed by atoms with Gasteiger partial charge < -0.3 is 4.98 Å². The summed E-state index contributed by atoms with van der Waals surface area (Å²) in [6.07, 6.45) is 0.313. The number of ketones is 1. The number of hydrogen-bond acceptors (Lipinski definition) is 2. The fourth-order valence-corrected chi connectivity index (χ4v) is 2.84. The molecule has 1 N–H and O–H groups in total. The topological polar surface area (TPSA) is 49.9 Å². The maximum Gasteiger partial charge on any atom is 0.242 e. The average Bonchev–Trinajstić information content (AvgIpc) is 2.86. The van der Waals surface area contributed by atoms with E-state index in [9.17, 15) is 9.59 Å². The van der Waals surface area contributed by atoms with E-state index in [1.807, 2.05) is 30.3 Å². The minimum atomic E-state index is -0.586. The van der Waals surface area contributed by atoms with Gasteiger partial charge in [0.25, 0.3) is 0 Å². The second-order valence-electron chi connectivity index (χ2n) is 4.54. The Bertz CT molecular complexity index is 856. The number of aromatic amines is 1. The maximum absolute atomic E-state index is 11.9. The van der Waals surface area contributed by atoms with Crippen LogP contribution in [-0.2, 0) is 4.79 Å². The molecule has 5 heteroatoms. The molecule has 0 radical (unpaired) electrons. The Morgan fingerprint density at radius 1 is 1.19 bits per heavy atom. The van der Waals surface area contributed by atoms with E-state index in [-0.39, 0.29) is 5.69 Å². The molecule has 21 heavy (non-hydrogen) atoms. The van der Waals surface area contributed by atoms with Gasteiger partial charge in [0.1, 0.15) is 0 Å². The first-order valence-electron chi connectivity index (χ1n) is 6.17. The van der Waals surface area contributed by atoms with Gasteiger partial charge in [-0.2, -0.15) is 0 Å². The Balaban J connectivity index is 2.40. The minimum Gasteiger partial charge on any atom is -0.351 e. The third-order valence-electron chi connectivity index (χ3n) is 3.26. The SMILES string of the molecule is O=CC(=O)c1[nH]c2cc(Br)c(Cl)cc2c1-c1ccccc1. The zero-order valence-electron chi connectivity index (χ0n) is 10.7. The first-order chi connectivity index (χ1) is 10.1. The zero-order chi connectivity index (χ0) is 15.0. The largest absolute Gasteiger partial charge is 0.351 e. The standard InChI is InChI=1S/C16H9BrClNO2/c17-11-7-13-10(6-12(11)18)15(9-4-2-1-3-5-9)16(19-13)14(21)8-20/h1-8,19H. The quantitative estimate of drug-likeness (QED) is 0.419. The highest BCUT2D eigenvalue weighted by Crippen LogP contribution is 2.36. The molecule has 0 saturated heterocycles. The maximum atomic E-state index is 11.9. The van der Waals surface area contributed by atoms with Crippen LogP contribution in [-0.4, -0.2) is 17.1 Å². The van der Waals surface area contributed by atoms with Crippen LogP contribution in [0, 0.1) is 0 Å². The number of H-pyrrole nitrogens is 1. The fourth-order valence-electron chi connectivity index (χ4n) is 2.34. The first-order valence-corrected chi connectivity index (χ1v) is 7.34. The highest BCUT2D eigenvalue weighted by atomic mass is 79.9. The summed E-state index contributed by atoms with van der Waals surface area (Å²) in [6.45, 7) is 0. The van der Waals surface area contributed by atoms with E-state index in [1.165, 1.54) is 0 Å². The van der Waals surface area contributed by atoms with Crippen LogP contribution in [0.3, 0.4) is 0 Å². The molecule has 0 amide bonds. The molecule has 3 rings (SSSR count). The summed E-state index contributed by atoms with van der Waals surface area (Å²) in [5.41, 5.74) is 2.57. The number of nitrogens with one attached hydrogen (secondary N) is 1. The molecule has 0 atom stereocenters. The molecular weight excluding hydrogens is 354 g/mol. The molecule has 0 aliphatic carbocycles. The van der Waals surface area contributed by atoms with Gasteiger partial charge in [0.2, 0.25) is 5.78 Å². The molecular formula is C16H9BrClNO2. The number of aromatic nitrogens is 1. The lowest BCUT2D eigenvalue weighted by Gasteiger charge is -2.03. The van der Waals surface area contributed by atoms with Gasteiger partial charge in [-0.25, -0.2) is 0 Å². The normalized spacial score (nSPS) is 10.8. The Hall–Kier alpha value is -1.91. The van der Waals surface area contributed by atoms with Gasteiger partial charge in [0.15, 0.2) is 6.29 Å². The summed E-state index contributed by atoms with van der Waals surface area (Å²) in [7, 11) is 0. The Labute approximate surface area is 134 Å². The Morgan fingerprint density at radius 2 is 1.90 bits per heavy atom. The second-order valence-corrected chi connectivity index (χ2v) is 5.80. The van der Waals surface area contributed by atoms with E-state index >= 15 is 0 Å². The number of aldehydes is 1. The molecule has 0 unspecified atom stereocenters. The van der Waals surface area contributed by atoms with Crippen LogP contribution in [0.25, 0.3) is 22.0 Å². The number of carbonyl (C=O) groups is 2. The molecule has 0 bridgehead atoms. The predicted molar refractivity (Wildman–Crippen MR) is 86.8 cm³/mol. The Kier molecular flexibility index (Phi) is 3.66. The highest BCUT2D eigenvalue weighted by molar-refractivity contribution is 9.10. The van der Waals surface area contributed by atoms with Crippen LogP contribution in [0.1, 0.15) is 10.5 Å². The molecule has 1 aromatic heterocycles. The van der Waals surface area contributed by atoms with Crippen LogP contribution >= 0.6 is 27.5 Å². The number of carbonyl (C=O) groups excluding carboxylic acids is 2. The lowest BCUT2D eigenvalue weighted by Crippen LogP contribution is -2.02. The van der Waals surface area contributed by atoms with E-state index in [1.54, 1.807) is 12.1 Å². The molecule has 0 aliphatic rings. The van der Waals surface area contributed by atoms with Crippen molar-refractivity contribution in [1.29, 1.82) is 0 Å². The van der Waals surface area contributed by atoms with E-state index in [0.717, 1.165) is 20.9 Å². The average molecular weight is 363 g/mol. The van der Waals surface area contributed by atoms with Gasteiger partial charge in [-0.3, -0.25) is 9.59 Å². The number of rotatable bonds is 3. The first kappa shape index (κ1) is 14.0. The molecule has 3 aromatic rings. The van der Waals surface area contributed by atoms with Crippen molar-refractivity contribution in [3.05, 3.63) is 57.7 Å². The fraction of sp³-hybridized carbons (Fsp3) is 0. The summed E-state index contributed by atoms with van der Waals surface area (Å²) in [4.78, 5) is 25.8. The summed E-state index contributed by atoms with van der Waals surface area (Å²) >= 11 is 9.51. The number of Topliss-reactive ketones (excluding diaryl/α,β-unsaturated/α-hetero) is 1. The molecule has 104 valence electrons. The van der Waals surface area contributed by atoms with Crippen molar-refractivity contribution in [3.8, 4) is 11.1 Å². The minimum absolute atomic E-state index is 0.278. The third-order valence-corrected chi connectivity index (χ3v) is 4.45. The molecule has 0 aliphatic heterocycles. The van der Waals surface area contributed by atoms with Gasteiger partial charge in [-0.05, 0) is 33.6 Å². The predicted octanol–water partition coefficient (Wildman–Crippen LogP) is 4.63. The van der Waals surface area contributed by atoms with Gasteiger partial charge >= 0.3 is 0 Å². The monoisotopic (exact) mass is 361 g/mol. The van der Waals surface area contributed by atoms with Crippen LogP contribution in [0.2, 0.25) is 5.02 Å². The number of benzene rings is 2. The highest BCUT2D eigenvalue weighted by Gasteiger charge is 2.19. The molecule has 1 heterocycles. The molecule has 0 saturated carbocycles. The second kappa shape index (κ2) is 5.47. The summed E-state index contributed by atoms with van der Waals surface area (Å²) in [5, 5.41) is 1.35. The van der Waals surface area contributed by atoms with Crippen LogP contribution in [0.5, 0.6) is 0 Å². The van der Waals surface area contributed by atoms with Crippen molar-refractivity contribution in [2.75, 3.05) is 0 Å². The van der Waals surface area contributed by atoms with Crippen molar-refractivity contribution in [2.24, 2.45) is 0 Å².